The first-order valence-electron chi connectivity index (χ1n) is 5.22. The highest BCUT2D eigenvalue weighted by atomic mass is 79.9. The molecule has 0 radical (unpaired) electrons. The van der Waals surface area contributed by atoms with Crippen molar-refractivity contribution >= 4 is 33.5 Å². The molecular formula is C10H13BrN4O2. The molecule has 17 heavy (non-hydrogen) atoms. The number of carboxylic acid groups (broad SMARTS) is 1. The summed E-state index contributed by atoms with van der Waals surface area (Å²) in [6.45, 7) is 2.19. The number of carbonyl (C=O) groups is 1. The van der Waals surface area contributed by atoms with Gasteiger partial charge in [-0.25, -0.2) is 9.78 Å². The van der Waals surface area contributed by atoms with E-state index in [1.54, 1.807) is 12.3 Å². The average Bonchev–Trinajstić information content (AvgIpc) is 2.29. The number of nitrogens with zero attached hydrogens (tertiary/aromatic N) is 3. The lowest BCUT2D eigenvalue weighted by Gasteiger charge is -2.34. The van der Waals surface area contributed by atoms with Gasteiger partial charge in [0.2, 0.25) is 0 Å². The molecule has 2 rings (SSSR count). The van der Waals surface area contributed by atoms with Gasteiger partial charge in [0.1, 0.15) is 0 Å². The van der Waals surface area contributed by atoms with Gasteiger partial charge in [0.05, 0.1) is 5.69 Å². The number of aromatic nitrogens is 1. The molecule has 0 atom stereocenters. The van der Waals surface area contributed by atoms with Gasteiger partial charge < -0.3 is 20.6 Å². The highest BCUT2D eigenvalue weighted by molar-refractivity contribution is 9.10. The monoisotopic (exact) mass is 300 g/mol. The van der Waals surface area contributed by atoms with Gasteiger partial charge in [-0.15, -0.1) is 0 Å². The fraction of sp³-hybridized carbons (Fsp3) is 0.400. The van der Waals surface area contributed by atoms with Gasteiger partial charge in [-0.1, -0.05) is 0 Å². The smallest absolute Gasteiger partial charge is 0.407 e. The van der Waals surface area contributed by atoms with Crippen LogP contribution in [0.25, 0.3) is 0 Å². The highest BCUT2D eigenvalue weighted by Gasteiger charge is 2.22. The zero-order valence-electron chi connectivity index (χ0n) is 9.14. The third-order valence-corrected chi connectivity index (χ3v) is 3.15. The molecule has 2 heterocycles. The van der Waals surface area contributed by atoms with Crippen LogP contribution in [0.4, 0.5) is 16.3 Å². The van der Waals surface area contributed by atoms with E-state index in [4.69, 9.17) is 10.8 Å². The molecule has 0 bridgehead atoms. The van der Waals surface area contributed by atoms with E-state index in [9.17, 15) is 4.79 Å². The molecule has 1 aromatic rings. The number of piperazine rings is 1. The molecule has 6 nitrogen and oxygen atoms in total. The maximum Gasteiger partial charge on any atom is 0.407 e. The van der Waals surface area contributed by atoms with E-state index in [0.29, 0.717) is 31.9 Å². The second kappa shape index (κ2) is 4.79. The first-order valence-corrected chi connectivity index (χ1v) is 6.01. The molecule has 0 unspecified atom stereocenters. The standard InChI is InChI=1S/C10H13BrN4O2/c11-7-5-8(12)9(13-6-7)14-1-3-15(4-2-14)10(16)17/h5-6H,1-4,12H2,(H,16,17). The van der Waals surface area contributed by atoms with Crippen LogP contribution >= 0.6 is 15.9 Å². The Hall–Kier alpha value is -1.50. The first-order chi connectivity index (χ1) is 8.08. The number of anilines is 2. The second-order valence-electron chi connectivity index (χ2n) is 3.82. The van der Waals surface area contributed by atoms with Crippen LogP contribution in [0.2, 0.25) is 0 Å². The largest absolute Gasteiger partial charge is 0.465 e. The Labute approximate surface area is 107 Å². The average molecular weight is 301 g/mol. The van der Waals surface area contributed by atoms with Crippen LogP contribution in [0, 0.1) is 0 Å². The Balaban J connectivity index is 2.08. The van der Waals surface area contributed by atoms with Crippen LogP contribution in [-0.4, -0.2) is 47.3 Å². The van der Waals surface area contributed by atoms with E-state index >= 15 is 0 Å². The number of hydrogen-bond donors (Lipinski definition) is 2. The lowest BCUT2D eigenvalue weighted by molar-refractivity contribution is 0.142. The summed E-state index contributed by atoms with van der Waals surface area (Å²) in [5.74, 6) is 0.721. The minimum atomic E-state index is -0.874. The number of amides is 1. The van der Waals surface area contributed by atoms with Crippen LogP contribution in [0.15, 0.2) is 16.7 Å². The van der Waals surface area contributed by atoms with E-state index in [0.717, 1.165) is 10.3 Å². The summed E-state index contributed by atoms with van der Waals surface area (Å²) >= 11 is 3.30. The number of halogens is 1. The molecule has 1 amide bonds. The van der Waals surface area contributed by atoms with Crippen molar-refractivity contribution in [3.8, 4) is 0 Å². The van der Waals surface area contributed by atoms with Gasteiger partial charge in [-0.3, -0.25) is 0 Å². The quantitative estimate of drug-likeness (QED) is 0.815. The Morgan fingerprint density at radius 2 is 2.06 bits per heavy atom. The van der Waals surface area contributed by atoms with Crippen molar-refractivity contribution in [2.24, 2.45) is 0 Å². The molecule has 3 N–H and O–H groups in total. The third-order valence-electron chi connectivity index (χ3n) is 2.71. The Morgan fingerprint density at radius 1 is 1.41 bits per heavy atom. The zero-order chi connectivity index (χ0) is 12.4. The van der Waals surface area contributed by atoms with E-state index in [-0.39, 0.29) is 0 Å². The molecule has 0 aromatic carbocycles. The van der Waals surface area contributed by atoms with Crippen LogP contribution in [-0.2, 0) is 0 Å². The molecule has 1 saturated heterocycles. The van der Waals surface area contributed by atoms with E-state index < -0.39 is 6.09 Å². The summed E-state index contributed by atoms with van der Waals surface area (Å²) in [5, 5.41) is 8.85. The van der Waals surface area contributed by atoms with E-state index in [2.05, 4.69) is 20.9 Å². The maximum atomic E-state index is 10.8. The Morgan fingerprint density at radius 3 is 2.59 bits per heavy atom. The second-order valence-corrected chi connectivity index (χ2v) is 4.74. The van der Waals surface area contributed by atoms with Crippen molar-refractivity contribution in [3.63, 3.8) is 0 Å². The molecule has 1 aromatic heterocycles. The van der Waals surface area contributed by atoms with Crippen LogP contribution in [0.5, 0.6) is 0 Å². The van der Waals surface area contributed by atoms with Gasteiger partial charge in [-0.2, -0.15) is 0 Å². The molecule has 0 spiro atoms. The number of nitrogens with two attached hydrogens (primary N) is 1. The molecule has 1 aliphatic heterocycles. The number of rotatable bonds is 1. The van der Waals surface area contributed by atoms with Crippen molar-refractivity contribution < 1.29 is 9.90 Å². The number of nitrogen functional groups attached to an aromatic ring is 1. The van der Waals surface area contributed by atoms with Gasteiger partial charge >= 0.3 is 6.09 Å². The summed E-state index contributed by atoms with van der Waals surface area (Å²) in [5.41, 5.74) is 6.48. The molecule has 7 heteroatoms. The SMILES string of the molecule is Nc1cc(Br)cnc1N1CCN(C(=O)O)CC1. The minimum Gasteiger partial charge on any atom is -0.465 e. The van der Waals surface area contributed by atoms with Gasteiger partial charge in [0, 0.05) is 36.8 Å². The summed E-state index contributed by atoms with van der Waals surface area (Å²) < 4.78 is 0.836. The van der Waals surface area contributed by atoms with Crippen LogP contribution < -0.4 is 10.6 Å². The summed E-state index contributed by atoms with van der Waals surface area (Å²) in [6.07, 6.45) is 0.816. The van der Waals surface area contributed by atoms with E-state index in [1.807, 2.05) is 4.90 Å². The summed E-state index contributed by atoms with van der Waals surface area (Å²) in [7, 11) is 0. The topological polar surface area (TPSA) is 82.7 Å². The molecule has 92 valence electrons. The minimum absolute atomic E-state index is 0.479. The van der Waals surface area contributed by atoms with Crippen LogP contribution in [0.3, 0.4) is 0 Å². The maximum absolute atomic E-state index is 10.8. The van der Waals surface area contributed by atoms with Crippen molar-refractivity contribution in [2.45, 2.75) is 0 Å². The normalized spacial score (nSPS) is 16.1. The molecule has 0 saturated carbocycles. The number of hydrogen-bond acceptors (Lipinski definition) is 4. The summed E-state index contributed by atoms with van der Waals surface area (Å²) in [6, 6.07) is 1.80. The van der Waals surface area contributed by atoms with Crippen LogP contribution in [0.1, 0.15) is 0 Å². The molecular weight excluding hydrogens is 288 g/mol. The summed E-state index contributed by atoms with van der Waals surface area (Å²) in [4.78, 5) is 18.4. The molecule has 1 aliphatic rings. The predicted octanol–water partition coefficient (Wildman–Crippen LogP) is 1.23. The van der Waals surface area contributed by atoms with Gasteiger partial charge in [0.25, 0.3) is 0 Å². The predicted molar refractivity (Wildman–Crippen MR) is 68.2 cm³/mol. The van der Waals surface area contributed by atoms with E-state index in [1.165, 1.54) is 4.90 Å². The lowest BCUT2D eigenvalue weighted by Crippen LogP contribution is -2.48. The first kappa shape index (κ1) is 12.0. The van der Waals surface area contributed by atoms with Gasteiger partial charge in [0.15, 0.2) is 5.82 Å². The Bertz CT molecular complexity index is 432. The third kappa shape index (κ3) is 2.60. The fourth-order valence-corrected chi connectivity index (χ4v) is 2.17. The van der Waals surface area contributed by atoms with Crippen molar-refractivity contribution in [3.05, 3.63) is 16.7 Å². The molecule has 1 fully saturated rings. The van der Waals surface area contributed by atoms with Gasteiger partial charge in [-0.05, 0) is 22.0 Å². The Kier molecular flexibility index (Phi) is 3.37. The highest BCUT2D eigenvalue weighted by Crippen LogP contribution is 2.24. The number of pyridine rings is 1. The lowest BCUT2D eigenvalue weighted by atomic mass is 10.3. The fourth-order valence-electron chi connectivity index (χ4n) is 1.82. The zero-order valence-corrected chi connectivity index (χ0v) is 10.7. The van der Waals surface area contributed by atoms with Crippen molar-refractivity contribution in [1.29, 1.82) is 0 Å². The van der Waals surface area contributed by atoms with Crippen molar-refractivity contribution in [2.75, 3.05) is 36.8 Å². The molecule has 0 aliphatic carbocycles. The van der Waals surface area contributed by atoms with Crippen molar-refractivity contribution in [1.82, 2.24) is 9.88 Å².